The fraction of sp³-hybridized carbons (Fsp3) is 0.100. The van der Waals surface area contributed by atoms with Gasteiger partial charge >= 0.3 is 0 Å². The molecule has 0 spiro atoms. The molecule has 0 saturated heterocycles. The highest BCUT2D eigenvalue weighted by atomic mass is 35.5. The molecular weight excluding hydrogens is 423 g/mol. The highest BCUT2D eigenvalue weighted by Gasteiger charge is 2.16. The van der Waals surface area contributed by atoms with Crippen molar-refractivity contribution in [3.8, 4) is 11.3 Å². The van der Waals surface area contributed by atoms with Gasteiger partial charge in [0.15, 0.2) is 5.76 Å². The summed E-state index contributed by atoms with van der Waals surface area (Å²) in [6, 6.07) is 13.1. The second-order valence-electron chi connectivity index (χ2n) is 5.82. The summed E-state index contributed by atoms with van der Waals surface area (Å²) in [5.74, 6) is -0.156. The molecule has 0 saturated carbocycles. The topological polar surface area (TPSA) is 71.3 Å². The zero-order valence-corrected chi connectivity index (χ0v) is 17.0. The van der Waals surface area contributed by atoms with E-state index in [1.807, 2.05) is 0 Å². The van der Waals surface area contributed by atoms with Crippen LogP contribution < -0.4 is 10.6 Å². The first-order chi connectivity index (χ1) is 13.4. The Morgan fingerprint density at radius 3 is 2.50 bits per heavy atom. The van der Waals surface area contributed by atoms with E-state index in [1.54, 1.807) is 49.4 Å². The number of carbonyl (C=O) groups is 2. The van der Waals surface area contributed by atoms with Crippen molar-refractivity contribution in [1.82, 2.24) is 0 Å². The van der Waals surface area contributed by atoms with Crippen LogP contribution in [0.2, 0.25) is 15.1 Å². The molecule has 0 aliphatic carbocycles. The summed E-state index contributed by atoms with van der Waals surface area (Å²) >= 11 is 18.4. The van der Waals surface area contributed by atoms with Gasteiger partial charge in [0.1, 0.15) is 5.76 Å². The number of furan rings is 1. The maximum absolute atomic E-state index is 12.5. The second-order valence-corrected chi connectivity index (χ2v) is 7.01. The highest BCUT2D eigenvalue weighted by molar-refractivity contribution is 6.43. The van der Waals surface area contributed by atoms with Crippen molar-refractivity contribution in [3.63, 3.8) is 0 Å². The van der Waals surface area contributed by atoms with Crippen molar-refractivity contribution < 1.29 is 14.0 Å². The van der Waals surface area contributed by atoms with Crippen LogP contribution in [0.15, 0.2) is 52.9 Å². The van der Waals surface area contributed by atoms with Gasteiger partial charge in [0, 0.05) is 17.7 Å². The van der Waals surface area contributed by atoms with Gasteiger partial charge < -0.3 is 15.1 Å². The average molecular weight is 438 g/mol. The summed E-state index contributed by atoms with van der Waals surface area (Å²) in [4.78, 5) is 24.1. The third kappa shape index (κ3) is 4.50. The van der Waals surface area contributed by atoms with Gasteiger partial charge in [-0.3, -0.25) is 9.59 Å². The first-order valence-electron chi connectivity index (χ1n) is 8.34. The Bertz CT molecular complexity index is 1050. The summed E-state index contributed by atoms with van der Waals surface area (Å²) in [5.41, 5.74) is 1.45. The molecule has 0 radical (unpaired) electrons. The summed E-state index contributed by atoms with van der Waals surface area (Å²) in [6.07, 6.45) is 0.339. The number of hydrogen-bond donors (Lipinski definition) is 2. The molecule has 0 aliphatic rings. The van der Waals surface area contributed by atoms with Gasteiger partial charge in [-0.25, -0.2) is 0 Å². The first kappa shape index (κ1) is 20.3. The Balaban J connectivity index is 1.81. The molecule has 2 N–H and O–H groups in total. The zero-order chi connectivity index (χ0) is 20.3. The Morgan fingerprint density at radius 2 is 1.75 bits per heavy atom. The van der Waals surface area contributed by atoms with Crippen molar-refractivity contribution in [2.75, 3.05) is 10.6 Å². The van der Waals surface area contributed by atoms with Crippen LogP contribution in [-0.2, 0) is 4.79 Å². The molecule has 0 fully saturated rings. The third-order valence-corrected chi connectivity index (χ3v) is 5.01. The van der Waals surface area contributed by atoms with E-state index >= 15 is 0 Å². The number of hydrogen-bond acceptors (Lipinski definition) is 3. The maximum atomic E-state index is 12.5. The molecular formula is C20H15Cl3N2O3. The number of benzene rings is 2. The molecule has 0 atom stereocenters. The van der Waals surface area contributed by atoms with Crippen LogP contribution in [0.3, 0.4) is 0 Å². The predicted molar refractivity (Wildman–Crippen MR) is 112 cm³/mol. The fourth-order valence-corrected chi connectivity index (χ4v) is 2.99. The van der Waals surface area contributed by atoms with Gasteiger partial charge in [-0.15, -0.1) is 0 Å². The monoisotopic (exact) mass is 436 g/mol. The summed E-state index contributed by atoms with van der Waals surface area (Å²) in [6.45, 7) is 1.74. The van der Waals surface area contributed by atoms with Crippen molar-refractivity contribution in [2.24, 2.45) is 0 Å². The Hall–Kier alpha value is -2.47. The highest BCUT2D eigenvalue weighted by Crippen LogP contribution is 2.34. The summed E-state index contributed by atoms with van der Waals surface area (Å²) in [7, 11) is 0. The molecule has 1 aromatic heterocycles. The van der Waals surface area contributed by atoms with E-state index < -0.39 is 5.91 Å². The van der Waals surface area contributed by atoms with Gasteiger partial charge in [-0.05, 0) is 42.5 Å². The SMILES string of the molecule is CCC(=O)Nc1ccc(Cl)c(NC(=O)c2ccc(-c3cccc(Cl)c3Cl)o2)c1. The number of anilines is 2. The van der Waals surface area contributed by atoms with Gasteiger partial charge in [-0.1, -0.05) is 47.8 Å². The largest absolute Gasteiger partial charge is 0.451 e. The Morgan fingerprint density at radius 1 is 0.964 bits per heavy atom. The standard InChI is InChI=1S/C20H15Cl3N2O3/c1-2-18(26)24-11-6-7-13(21)15(10-11)25-20(27)17-9-8-16(28-17)12-4-3-5-14(22)19(12)23/h3-10H,2H2,1H3,(H,24,26)(H,25,27). The van der Waals surface area contributed by atoms with E-state index in [2.05, 4.69) is 10.6 Å². The third-order valence-electron chi connectivity index (χ3n) is 3.87. The van der Waals surface area contributed by atoms with E-state index in [0.717, 1.165) is 0 Å². The van der Waals surface area contributed by atoms with Gasteiger partial charge in [0.05, 0.1) is 20.8 Å². The molecule has 5 nitrogen and oxygen atoms in total. The lowest BCUT2D eigenvalue weighted by Crippen LogP contribution is -2.13. The van der Waals surface area contributed by atoms with Crippen LogP contribution in [0.1, 0.15) is 23.9 Å². The summed E-state index contributed by atoms with van der Waals surface area (Å²) in [5, 5.41) is 6.44. The van der Waals surface area contributed by atoms with E-state index in [0.29, 0.717) is 44.2 Å². The molecule has 3 aromatic rings. The van der Waals surface area contributed by atoms with Gasteiger partial charge in [0.2, 0.25) is 5.91 Å². The predicted octanol–water partition coefficient (Wildman–Crippen LogP) is 6.51. The smallest absolute Gasteiger partial charge is 0.291 e. The number of carbonyl (C=O) groups excluding carboxylic acids is 2. The first-order valence-corrected chi connectivity index (χ1v) is 9.47. The number of nitrogens with one attached hydrogen (secondary N) is 2. The number of halogens is 3. The minimum absolute atomic E-state index is 0.0742. The molecule has 8 heteroatoms. The van der Waals surface area contributed by atoms with Gasteiger partial charge in [-0.2, -0.15) is 0 Å². The van der Waals surface area contributed by atoms with E-state index in [-0.39, 0.29) is 11.7 Å². The van der Waals surface area contributed by atoms with Crippen LogP contribution in [-0.4, -0.2) is 11.8 Å². The van der Waals surface area contributed by atoms with Crippen molar-refractivity contribution in [2.45, 2.75) is 13.3 Å². The van der Waals surface area contributed by atoms with Crippen molar-refractivity contribution in [3.05, 3.63) is 69.4 Å². The molecule has 144 valence electrons. The minimum Gasteiger partial charge on any atom is -0.451 e. The molecule has 1 heterocycles. The maximum Gasteiger partial charge on any atom is 0.291 e. The normalized spacial score (nSPS) is 10.6. The fourth-order valence-electron chi connectivity index (χ4n) is 2.43. The van der Waals surface area contributed by atoms with Crippen LogP contribution >= 0.6 is 34.8 Å². The van der Waals surface area contributed by atoms with Crippen LogP contribution in [0.25, 0.3) is 11.3 Å². The van der Waals surface area contributed by atoms with E-state index in [1.165, 1.54) is 6.07 Å². The average Bonchev–Trinajstić information content (AvgIpc) is 3.16. The van der Waals surface area contributed by atoms with Crippen LogP contribution in [0, 0.1) is 0 Å². The van der Waals surface area contributed by atoms with Gasteiger partial charge in [0.25, 0.3) is 5.91 Å². The quantitative estimate of drug-likeness (QED) is 0.478. The molecule has 28 heavy (non-hydrogen) atoms. The molecule has 0 bridgehead atoms. The van der Waals surface area contributed by atoms with Crippen molar-refractivity contribution >= 4 is 58.0 Å². The second kappa shape index (κ2) is 8.69. The molecule has 2 amide bonds. The minimum atomic E-state index is -0.495. The lowest BCUT2D eigenvalue weighted by atomic mass is 10.2. The molecule has 0 aliphatic heterocycles. The van der Waals surface area contributed by atoms with E-state index in [9.17, 15) is 9.59 Å². The van der Waals surface area contributed by atoms with E-state index in [4.69, 9.17) is 39.2 Å². The zero-order valence-electron chi connectivity index (χ0n) is 14.7. The lowest BCUT2D eigenvalue weighted by molar-refractivity contribution is -0.115. The van der Waals surface area contributed by atoms with Crippen LogP contribution in [0.5, 0.6) is 0 Å². The number of amides is 2. The summed E-state index contributed by atoms with van der Waals surface area (Å²) < 4.78 is 5.62. The lowest BCUT2D eigenvalue weighted by Gasteiger charge is -2.09. The molecule has 0 unspecified atom stereocenters. The molecule has 3 rings (SSSR count). The van der Waals surface area contributed by atoms with Crippen LogP contribution in [0.4, 0.5) is 11.4 Å². The molecule has 2 aromatic carbocycles. The van der Waals surface area contributed by atoms with Crippen molar-refractivity contribution in [1.29, 1.82) is 0 Å². The Kier molecular flexibility index (Phi) is 6.29. The Labute approximate surface area is 176 Å². The number of rotatable bonds is 5.